The average Bonchev–Trinajstić information content (AvgIpc) is 3.46. The molecule has 1 N–H and O–H groups in total. The molecule has 4 heterocycles. The topological polar surface area (TPSA) is 72.3 Å². The van der Waals surface area contributed by atoms with Crippen LogP contribution in [0.5, 0.6) is 0 Å². The summed E-state index contributed by atoms with van der Waals surface area (Å²) in [6.45, 7) is -0.303. The van der Waals surface area contributed by atoms with Crippen LogP contribution in [0.1, 0.15) is 0 Å². The molecule has 0 aliphatic carbocycles. The van der Waals surface area contributed by atoms with E-state index in [2.05, 4.69) is 24.9 Å². The van der Waals surface area contributed by atoms with Gasteiger partial charge in [0.05, 0.1) is 0 Å². The Morgan fingerprint density at radius 2 is 0.974 bits per heavy atom. The maximum Gasteiger partial charge on any atom is 0.350 e. The Morgan fingerprint density at radius 1 is 0.553 bits per heavy atom. The number of aromatic nitrogens is 6. The van der Waals surface area contributed by atoms with E-state index >= 15 is 0 Å². The average molecular weight is 541 g/mol. The summed E-state index contributed by atoms with van der Waals surface area (Å²) in [7, 11) is 0. The number of benzene rings is 3. The summed E-state index contributed by atoms with van der Waals surface area (Å²) in [6.07, 6.45) is 0. The highest BCUT2D eigenvalue weighted by Crippen LogP contribution is 2.37. The van der Waals surface area contributed by atoms with Gasteiger partial charge in [0.1, 0.15) is 22.6 Å². The molecule has 0 amide bonds. The Hall–Kier alpha value is -4.39. The summed E-state index contributed by atoms with van der Waals surface area (Å²) in [5.74, 6) is -7.25. The van der Waals surface area contributed by atoms with Gasteiger partial charge in [0, 0.05) is 32.7 Å². The number of nitrogens with one attached hydrogen (secondary N) is 1. The Bertz CT molecular complexity index is 2110. The summed E-state index contributed by atoms with van der Waals surface area (Å²) in [6, 6.07) is 5.36. The number of H-pyrrole nitrogens is 1. The Labute approximate surface area is 212 Å². The molecule has 6 bridgehead atoms. The minimum Gasteiger partial charge on any atom is -0.342 e. The first kappa shape index (κ1) is 22.8. The predicted octanol–water partition coefficient (Wildman–Crippen LogP) is 5.97. The summed E-state index contributed by atoms with van der Waals surface area (Å²) in [4.78, 5) is 20.5. The SMILES string of the molecule is Fc1cc2c(cc1F)-c1nc-2nc2[nH]c(nc3c4cc(F)c(F)cc4c(n1)n3BCl)c1cc(F)c(F)cc21. The lowest BCUT2D eigenvalue weighted by Crippen LogP contribution is -2.01. The minimum absolute atomic E-state index is 0.00258. The second kappa shape index (κ2) is 7.81. The van der Waals surface area contributed by atoms with Crippen molar-refractivity contribution < 1.29 is 26.3 Å². The van der Waals surface area contributed by atoms with E-state index in [9.17, 15) is 26.3 Å². The first-order chi connectivity index (χ1) is 18.2. The lowest BCUT2D eigenvalue weighted by atomic mass is 10.1. The van der Waals surface area contributed by atoms with Gasteiger partial charge in [0.15, 0.2) is 46.6 Å². The third kappa shape index (κ3) is 3.11. The fourth-order valence-corrected chi connectivity index (χ4v) is 4.87. The van der Waals surface area contributed by atoms with Gasteiger partial charge in [-0.1, -0.05) is 0 Å². The van der Waals surface area contributed by atoms with E-state index < -0.39 is 34.9 Å². The van der Waals surface area contributed by atoms with Gasteiger partial charge < -0.3 is 9.46 Å². The molecule has 0 fully saturated rings. The van der Waals surface area contributed by atoms with E-state index in [-0.39, 0.29) is 73.7 Å². The van der Waals surface area contributed by atoms with Gasteiger partial charge in [-0.2, -0.15) is 11.5 Å². The maximum absolute atomic E-state index is 14.3. The fraction of sp³-hybridized carbons (Fsp3) is 0. The standard InChI is InChI=1S/C24H8BClF6N6/c26-25-38-23-11-5-17(31)18(32)6-12(11)24(38)37-22-10-4-16(30)14(28)2-8(10)20(35-22)33-19-7-1-13(27)15(29)3-9(7)21(34-19)36-23/h1-6,25H,(H,33,34,35,36,37). The zero-order valence-electron chi connectivity index (χ0n) is 18.6. The molecule has 0 spiro atoms. The predicted molar refractivity (Wildman–Crippen MR) is 130 cm³/mol. The third-order valence-electron chi connectivity index (χ3n) is 6.38. The van der Waals surface area contributed by atoms with Crippen molar-refractivity contribution in [2.75, 3.05) is 0 Å². The molecule has 6 nitrogen and oxygen atoms in total. The van der Waals surface area contributed by atoms with Crippen molar-refractivity contribution in [3.63, 3.8) is 0 Å². The van der Waals surface area contributed by atoms with Crippen LogP contribution >= 0.6 is 11.5 Å². The molecule has 3 aromatic carbocycles. The van der Waals surface area contributed by atoms with E-state index in [0.29, 0.717) is 0 Å². The maximum atomic E-state index is 14.3. The number of aromatic amines is 1. The van der Waals surface area contributed by atoms with Crippen molar-refractivity contribution in [3.05, 3.63) is 71.3 Å². The van der Waals surface area contributed by atoms with Crippen LogP contribution in [-0.2, 0) is 0 Å². The van der Waals surface area contributed by atoms with Crippen molar-refractivity contribution in [2.24, 2.45) is 0 Å². The minimum atomic E-state index is -1.18. The van der Waals surface area contributed by atoms with Gasteiger partial charge >= 0.3 is 6.83 Å². The van der Waals surface area contributed by atoms with E-state index in [1.165, 1.54) is 4.48 Å². The zero-order valence-corrected chi connectivity index (χ0v) is 19.3. The largest absolute Gasteiger partial charge is 0.350 e. The van der Waals surface area contributed by atoms with Crippen molar-refractivity contribution in [1.29, 1.82) is 0 Å². The van der Waals surface area contributed by atoms with Crippen LogP contribution in [0.4, 0.5) is 26.3 Å². The molecular formula is C24H8BClF6N6. The lowest BCUT2D eigenvalue weighted by Gasteiger charge is -2.01. The fourth-order valence-electron chi connectivity index (χ4n) is 4.64. The van der Waals surface area contributed by atoms with Gasteiger partial charge in [-0.25, -0.2) is 46.3 Å². The molecule has 1 aliphatic rings. The first-order valence-electron chi connectivity index (χ1n) is 10.9. The number of rotatable bonds is 1. The molecule has 0 atom stereocenters. The Balaban J connectivity index is 1.80. The van der Waals surface area contributed by atoms with Crippen LogP contribution in [0.25, 0.3) is 66.9 Å². The molecule has 0 saturated heterocycles. The first-order valence-corrected chi connectivity index (χ1v) is 11.5. The zero-order chi connectivity index (χ0) is 26.5. The van der Waals surface area contributed by atoms with Crippen molar-refractivity contribution in [2.45, 2.75) is 0 Å². The molecule has 186 valence electrons. The quantitative estimate of drug-likeness (QED) is 0.206. The molecule has 1 aliphatic heterocycles. The summed E-state index contributed by atoms with van der Waals surface area (Å²) in [5, 5.41) is 0.393. The number of fused-ring (bicyclic) bond motifs is 15. The van der Waals surface area contributed by atoms with Gasteiger partial charge in [-0.15, -0.1) is 0 Å². The Kier molecular flexibility index (Phi) is 4.68. The highest BCUT2D eigenvalue weighted by atomic mass is 35.5. The van der Waals surface area contributed by atoms with E-state index in [1.807, 2.05) is 0 Å². The number of nitrogens with zero attached hydrogens (tertiary/aromatic N) is 5. The summed E-state index contributed by atoms with van der Waals surface area (Å²) in [5.41, 5.74) is 0.120. The normalized spacial score (nSPS) is 12.1. The Morgan fingerprint density at radius 3 is 1.50 bits per heavy atom. The number of hydrogen-bond acceptors (Lipinski definition) is 4. The molecule has 38 heavy (non-hydrogen) atoms. The highest BCUT2D eigenvalue weighted by Gasteiger charge is 2.25. The van der Waals surface area contributed by atoms with Crippen molar-refractivity contribution in [3.8, 4) is 22.8 Å². The molecule has 0 saturated carbocycles. The second-order valence-electron chi connectivity index (χ2n) is 8.55. The van der Waals surface area contributed by atoms with Crippen LogP contribution in [0.3, 0.4) is 0 Å². The number of halogens is 7. The highest BCUT2D eigenvalue weighted by molar-refractivity contribution is 6.93. The molecule has 3 aromatic heterocycles. The molecule has 14 heteroatoms. The van der Waals surface area contributed by atoms with Gasteiger partial charge in [-0.05, 0) is 36.4 Å². The summed E-state index contributed by atoms with van der Waals surface area (Å²) < 4.78 is 87.0. The van der Waals surface area contributed by atoms with Crippen LogP contribution < -0.4 is 0 Å². The second-order valence-corrected chi connectivity index (χ2v) is 8.79. The monoisotopic (exact) mass is 540 g/mol. The van der Waals surface area contributed by atoms with Crippen molar-refractivity contribution >= 4 is 62.4 Å². The van der Waals surface area contributed by atoms with Gasteiger partial charge in [0.25, 0.3) is 0 Å². The molecule has 0 radical (unpaired) electrons. The van der Waals surface area contributed by atoms with Crippen molar-refractivity contribution in [1.82, 2.24) is 29.4 Å². The van der Waals surface area contributed by atoms with Crippen LogP contribution in [0.15, 0.2) is 36.4 Å². The summed E-state index contributed by atoms with van der Waals surface area (Å²) >= 11 is 6.23. The molecule has 7 rings (SSSR count). The molecular weight excluding hydrogens is 533 g/mol. The van der Waals surface area contributed by atoms with E-state index in [1.54, 1.807) is 0 Å². The molecule has 0 unspecified atom stereocenters. The molecule has 6 aromatic rings. The van der Waals surface area contributed by atoms with Gasteiger partial charge in [0.2, 0.25) is 0 Å². The smallest absolute Gasteiger partial charge is 0.342 e. The lowest BCUT2D eigenvalue weighted by molar-refractivity contribution is 0.509. The number of hydrogen-bond donors (Lipinski definition) is 1. The third-order valence-corrected chi connectivity index (χ3v) is 6.62. The van der Waals surface area contributed by atoms with Crippen LogP contribution in [0.2, 0.25) is 0 Å². The van der Waals surface area contributed by atoms with Gasteiger partial charge in [-0.3, -0.25) is 0 Å². The van der Waals surface area contributed by atoms with Crippen LogP contribution in [-0.4, -0.2) is 36.2 Å². The van der Waals surface area contributed by atoms with E-state index in [4.69, 9.17) is 11.5 Å². The van der Waals surface area contributed by atoms with Crippen LogP contribution in [0, 0.1) is 34.9 Å². The van der Waals surface area contributed by atoms with E-state index in [0.717, 1.165) is 36.4 Å².